The third-order valence-electron chi connectivity index (χ3n) is 2.06. The second-order valence-corrected chi connectivity index (χ2v) is 3.40. The maximum atomic E-state index is 9.70. The monoisotopic (exact) mass is 232 g/mol. The molecule has 2 atom stereocenters. The molecule has 0 spiro atoms. The highest BCUT2D eigenvalue weighted by atomic mass is 35.5. The van der Waals surface area contributed by atoms with Crippen LogP contribution >= 0.6 is 11.6 Å². The van der Waals surface area contributed by atoms with E-state index in [1.54, 1.807) is 0 Å². The van der Waals surface area contributed by atoms with Gasteiger partial charge >= 0.3 is 0 Å². The fraction of sp³-hybridized carbons (Fsp3) is 0.400. The third kappa shape index (κ3) is 2.75. The first-order chi connectivity index (χ1) is 7.10. The van der Waals surface area contributed by atoms with Crippen molar-refractivity contribution < 1.29 is 20.1 Å². The Kier molecular flexibility index (Phi) is 4.20. The van der Waals surface area contributed by atoms with E-state index in [2.05, 4.69) is 0 Å². The first-order valence-electron chi connectivity index (χ1n) is 4.39. The van der Waals surface area contributed by atoms with E-state index < -0.39 is 12.2 Å². The van der Waals surface area contributed by atoms with E-state index in [1.165, 1.54) is 25.3 Å². The number of aliphatic hydroxyl groups excluding tert-OH is 2. The first-order valence-corrected chi connectivity index (χ1v) is 4.92. The molecule has 0 radical (unpaired) electrons. The summed E-state index contributed by atoms with van der Waals surface area (Å²) in [4.78, 5) is 0. The van der Waals surface area contributed by atoms with Crippen LogP contribution in [0.3, 0.4) is 0 Å². The van der Waals surface area contributed by atoms with Crippen molar-refractivity contribution in [3.8, 4) is 11.5 Å². The molecule has 3 N–H and O–H groups in total. The zero-order valence-electron chi connectivity index (χ0n) is 8.22. The number of aliphatic hydroxyl groups is 2. The highest BCUT2D eigenvalue weighted by Gasteiger charge is 2.21. The smallest absolute Gasteiger partial charge is 0.128 e. The number of benzene rings is 1. The van der Waals surface area contributed by atoms with Gasteiger partial charge in [-0.1, -0.05) is 0 Å². The fourth-order valence-electron chi connectivity index (χ4n) is 1.24. The number of methoxy groups -OCH3 is 1. The maximum absolute atomic E-state index is 9.70. The van der Waals surface area contributed by atoms with Gasteiger partial charge in [0, 0.05) is 11.6 Å². The van der Waals surface area contributed by atoms with Gasteiger partial charge < -0.3 is 20.1 Å². The lowest BCUT2D eigenvalue weighted by atomic mass is 10.0. The number of phenolic OH excluding ortho intramolecular Hbond substituents is 1. The first kappa shape index (κ1) is 12.1. The highest BCUT2D eigenvalue weighted by molar-refractivity contribution is 6.18. The summed E-state index contributed by atoms with van der Waals surface area (Å²) in [6.07, 6.45) is -2.19. The van der Waals surface area contributed by atoms with E-state index >= 15 is 0 Å². The Bertz CT molecular complexity index is 329. The molecule has 0 amide bonds. The summed E-state index contributed by atoms with van der Waals surface area (Å²) in [7, 11) is 1.41. The van der Waals surface area contributed by atoms with E-state index in [4.69, 9.17) is 16.3 Å². The van der Waals surface area contributed by atoms with Crippen LogP contribution in [0.2, 0.25) is 0 Å². The molecule has 0 bridgehead atoms. The van der Waals surface area contributed by atoms with Gasteiger partial charge in [0.25, 0.3) is 0 Å². The Balaban J connectivity index is 3.02. The fourth-order valence-corrected chi connectivity index (χ4v) is 1.40. The number of ether oxygens (including phenoxy) is 1. The van der Waals surface area contributed by atoms with Crippen molar-refractivity contribution in [1.82, 2.24) is 0 Å². The van der Waals surface area contributed by atoms with E-state index in [0.717, 1.165) is 0 Å². The van der Waals surface area contributed by atoms with E-state index in [9.17, 15) is 15.3 Å². The van der Waals surface area contributed by atoms with Gasteiger partial charge in [0.2, 0.25) is 0 Å². The number of rotatable bonds is 4. The van der Waals surface area contributed by atoms with Crippen LogP contribution in [0.4, 0.5) is 0 Å². The van der Waals surface area contributed by atoms with Crippen molar-refractivity contribution in [1.29, 1.82) is 0 Å². The second-order valence-electron chi connectivity index (χ2n) is 3.09. The standard InChI is InChI=1S/C10H13ClO4/c1-15-9-4-6(12)2-3-7(9)10(14)8(13)5-11/h2-4,8,10,12-14H,5H2,1H3. The minimum atomic E-state index is -1.13. The molecule has 0 saturated carbocycles. The number of hydrogen-bond acceptors (Lipinski definition) is 4. The van der Waals surface area contributed by atoms with Crippen LogP contribution in [0.5, 0.6) is 11.5 Å². The van der Waals surface area contributed by atoms with E-state index in [1.807, 2.05) is 0 Å². The Labute approximate surface area is 92.7 Å². The van der Waals surface area contributed by atoms with Crippen molar-refractivity contribution in [3.05, 3.63) is 23.8 Å². The summed E-state index contributed by atoms with van der Waals surface area (Å²) in [6.45, 7) is 0. The molecule has 1 aromatic carbocycles. The normalized spacial score (nSPS) is 14.7. The summed E-state index contributed by atoms with van der Waals surface area (Å²) >= 11 is 5.42. The molecule has 0 fully saturated rings. The van der Waals surface area contributed by atoms with Crippen LogP contribution in [0.25, 0.3) is 0 Å². The number of halogens is 1. The van der Waals surface area contributed by atoms with Crippen LogP contribution in [0.15, 0.2) is 18.2 Å². The summed E-state index contributed by atoms with van der Waals surface area (Å²) < 4.78 is 4.97. The van der Waals surface area contributed by atoms with Gasteiger partial charge in [-0.15, -0.1) is 11.6 Å². The predicted octanol–water partition coefficient (Wildman–Crippen LogP) is 1.03. The lowest BCUT2D eigenvalue weighted by Gasteiger charge is -2.18. The van der Waals surface area contributed by atoms with Gasteiger partial charge in [0.1, 0.15) is 17.6 Å². The van der Waals surface area contributed by atoms with Crippen LogP contribution in [-0.4, -0.2) is 34.4 Å². The van der Waals surface area contributed by atoms with Gasteiger partial charge in [0.05, 0.1) is 19.1 Å². The Morgan fingerprint density at radius 3 is 2.60 bits per heavy atom. The average molecular weight is 233 g/mol. The van der Waals surface area contributed by atoms with E-state index in [-0.39, 0.29) is 11.6 Å². The molecule has 0 aliphatic heterocycles. The van der Waals surface area contributed by atoms with Crippen LogP contribution in [0.1, 0.15) is 11.7 Å². The van der Waals surface area contributed by atoms with Crippen molar-refractivity contribution >= 4 is 11.6 Å². The molecule has 0 heterocycles. The SMILES string of the molecule is COc1cc(O)ccc1C(O)C(O)CCl. The third-order valence-corrected chi connectivity index (χ3v) is 2.37. The zero-order valence-corrected chi connectivity index (χ0v) is 8.98. The van der Waals surface area contributed by atoms with Crippen molar-refractivity contribution in [2.75, 3.05) is 13.0 Å². The van der Waals surface area contributed by atoms with Crippen LogP contribution in [0, 0.1) is 0 Å². The molecule has 84 valence electrons. The minimum Gasteiger partial charge on any atom is -0.508 e. The molecule has 0 aliphatic carbocycles. The Morgan fingerprint density at radius 2 is 2.07 bits per heavy atom. The molecule has 4 nitrogen and oxygen atoms in total. The predicted molar refractivity (Wildman–Crippen MR) is 56.3 cm³/mol. The topological polar surface area (TPSA) is 69.9 Å². The molecule has 1 rings (SSSR count). The molecule has 15 heavy (non-hydrogen) atoms. The van der Waals surface area contributed by atoms with Crippen LogP contribution in [-0.2, 0) is 0 Å². The summed E-state index contributed by atoms with van der Waals surface area (Å²) in [5, 5.41) is 28.3. The highest BCUT2D eigenvalue weighted by Crippen LogP contribution is 2.30. The Hall–Kier alpha value is -0.970. The number of aromatic hydroxyl groups is 1. The maximum Gasteiger partial charge on any atom is 0.128 e. The van der Waals surface area contributed by atoms with Gasteiger partial charge in [0.15, 0.2) is 0 Å². The lowest BCUT2D eigenvalue weighted by Crippen LogP contribution is -2.20. The summed E-state index contributed by atoms with van der Waals surface area (Å²) in [6, 6.07) is 4.25. The quantitative estimate of drug-likeness (QED) is 0.679. The van der Waals surface area contributed by atoms with Gasteiger partial charge in [-0.05, 0) is 12.1 Å². The summed E-state index contributed by atoms with van der Waals surface area (Å²) in [5.74, 6) is 0.264. The molecule has 0 aliphatic rings. The zero-order chi connectivity index (χ0) is 11.4. The number of hydrogen-bond donors (Lipinski definition) is 3. The van der Waals surface area contributed by atoms with Crippen LogP contribution < -0.4 is 4.74 Å². The average Bonchev–Trinajstić information content (AvgIpc) is 2.26. The molecular formula is C10H13ClO4. The lowest BCUT2D eigenvalue weighted by molar-refractivity contribution is 0.0312. The summed E-state index contributed by atoms with van der Waals surface area (Å²) in [5.41, 5.74) is 0.392. The minimum absolute atomic E-state index is 0.0307. The van der Waals surface area contributed by atoms with Crippen molar-refractivity contribution in [2.24, 2.45) is 0 Å². The number of alkyl halides is 1. The van der Waals surface area contributed by atoms with Crippen molar-refractivity contribution in [3.63, 3.8) is 0 Å². The molecule has 0 saturated heterocycles. The molecular weight excluding hydrogens is 220 g/mol. The van der Waals surface area contributed by atoms with Gasteiger partial charge in [-0.25, -0.2) is 0 Å². The number of phenols is 1. The molecule has 5 heteroatoms. The van der Waals surface area contributed by atoms with Gasteiger partial charge in [-0.3, -0.25) is 0 Å². The second kappa shape index (κ2) is 5.21. The van der Waals surface area contributed by atoms with E-state index in [0.29, 0.717) is 11.3 Å². The largest absolute Gasteiger partial charge is 0.508 e. The van der Waals surface area contributed by atoms with Gasteiger partial charge in [-0.2, -0.15) is 0 Å². The molecule has 2 unspecified atom stereocenters. The van der Waals surface area contributed by atoms with Crippen molar-refractivity contribution in [2.45, 2.75) is 12.2 Å². The Morgan fingerprint density at radius 1 is 1.40 bits per heavy atom. The molecule has 1 aromatic rings. The molecule has 0 aromatic heterocycles.